The predicted molar refractivity (Wildman–Crippen MR) is 100 cm³/mol. The number of carbonyl (C=O) groups is 1. The van der Waals surface area contributed by atoms with Crippen molar-refractivity contribution in [1.82, 2.24) is 9.97 Å². The maximum absolute atomic E-state index is 12.9. The summed E-state index contributed by atoms with van der Waals surface area (Å²) in [5.41, 5.74) is -1.84. The Bertz CT molecular complexity index is 1050. The van der Waals surface area contributed by atoms with Gasteiger partial charge in [0.1, 0.15) is 5.76 Å². The molecular weight excluding hydrogens is 372 g/mol. The number of carbonyl (C=O) groups excluding carboxylic acids is 1. The summed E-state index contributed by atoms with van der Waals surface area (Å²) in [5, 5.41) is 21.3. The van der Waals surface area contributed by atoms with Crippen LogP contribution in [-0.4, -0.2) is 26.0 Å². The molecule has 27 heavy (non-hydrogen) atoms. The molecule has 0 saturated heterocycles. The van der Waals surface area contributed by atoms with E-state index in [0.29, 0.717) is 10.6 Å². The Kier molecular flexibility index (Phi) is 4.73. The van der Waals surface area contributed by atoms with E-state index in [0.717, 1.165) is 0 Å². The number of aromatic amines is 2. The quantitative estimate of drug-likeness (QED) is 0.641. The van der Waals surface area contributed by atoms with Crippen molar-refractivity contribution in [1.29, 1.82) is 0 Å². The number of aliphatic hydroxyl groups excluding tert-OH is 1. The van der Waals surface area contributed by atoms with Crippen molar-refractivity contribution in [2.75, 3.05) is 0 Å². The topological polar surface area (TPSA) is 123 Å². The molecular formula is C19H19ClN2O5. The molecule has 1 aromatic heterocycles. The van der Waals surface area contributed by atoms with Crippen LogP contribution in [-0.2, 0) is 4.79 Å². The van der Waals surface area contributed by atoms with Crippen molar-refractivity contribution in [3.8, 4) is 5.88 Å². The number of hydrogen-bond acceptors (Lipinski definition) is 5. The van der Waals surface area contributed by atoms with Crippen LogP contribution in [0.3, 0.4) is 0 Å². The molecule has 3 rings (SSSR count). The van der Waals surface area contributed by atoms with Crippen LogP contribution in [0.15, 0.2) is 45.2 Å². The lowest BCUT2D eigenvalue weighted by Gasteiger charge is -2.32. The summed E-state index contributed by atoms with van der Waals surface area (Å²) in [6.07, 6.45) is 0.429. The molecule has 4 N–H and O–H groups in total. The van der Waals surface area contributed by atoms with Crippen LogP contribution >= 0.6 is 11.6 Å². The maximum atomic E-state index is 12.9. The van der Waals surface area contributed by atoms with E-state index in [1.807, 2.05) is 13.8 Å². The van der Waals surface area contributed by atoms with Gasteiger partial charge in [-0.25, -0.2) is 4.79 Å². The zero-order valence-corrected chi connectivity index (χ0v) is 15.6. The van der Waals surface area contributed by atoms with E-state index in [1.54, 1.807) is 24.3 Å². The standard InChI is InChI=1S/C19H19ClN2O5/c1-19(2)7-11(23)14(12(24)8-19)13(9-3-5-10(20)6-4-9)15-16(25)21-18(27)22-17(15)26/h3-6,13,23H,7-8H2,1-2H3,(H3,21,22,25,26,27). The third kappa shape index (κ3) is 3.68. The summed E-state index contributed by atoms with van der Waals surface area (Å²) in [7, 11) is 0. The normalized spacial score (nSPS) is 17.8. The largest absolute Gasteiger partial charge is 0.512 e. The number of hydrogen-bond donors (Lipinski definition) is 4. The fraction of sp³-hybridized carbons (Fsp3) is 0.316. The molecule has 0 radical (unpaired) electrons. The van der Waals surface area contributed by atoms with Gasteiger partial charge in [0.15, 0.2) is 5.78 Å². The van der Waals surface area contributed by atoms with Crippen LogP contribution in [0.2, 0.25) is 5.02 Å². The van der Waals surface area contributed by atoms with E-state index < -0.39 is 28.5 Å². The summed E-state index contributed by atoms with van der Waals surface area (Å²) in [5.74, 6) is -2.16. The third-order valence-corrected chi connectivity index (χ3v) is 4.89. The molecule has 0 amide bonds. The fourth-order valence-electron chi connectivity index (χ4n) is 3.51. The SMILES string of the molecule is CC1(C)CC(=O)C(C(c2ccc(Cl)cc2)c2c(O)[nH]c(=O)[nH]c2=O)=C(O)C1. The molecule has 1 aliphatic rings. The number of nitrogens with one attached hydrogen (secondary N) is 2. The zero-order valence-electron chi connectivity index (χ0n) is 14.8. The van der Waals surface area contributed by atoms with E-state index in [-0.39, 0.29) is 35.5 Å². The maximum Gasteiger partial charge on any atom is 0.328 e. The van der Waals surface area contributed by atoms with Gasteiger partial charge in [-0.2, -0.15) is 0 Å². The van der Waals surface area contributed by atoms with Crippen LogP contribution < -0.4 is 11.2 Å². The summed E-state index contributed by atoms with van der Waals surface area (Å²) in [4.78, 5) is 40.9. The van der Waals surface area contributed by atoms with Crippen molar-refractivity contribution in [3.63, 3.8) is 0 Å². The van der Waals surface area contributed by atoms with E-state index in [4.69, 9.17) is 11.6 Å². The zero-order chi connectivity index (χ0) is 19.9. The van der Waals surface area contributed by atoms with E-state index in [1.165, 1.54) is 0 Å². The molecule has 0 fully saturated rings. The first kappa shape index (κ1) is 19.0. The van der Waals surface area contributed by atoms with Crippen LogP contribution in [0.1, 0.15) is 43.7 Å². The highest BCUT2D eigenvalue weighted by Gasteiger charge is 2.39. The Morgan fingerprint density at radius 2 is 1.67 bits per heavy atom. The average Bonchev–Trinajstić information content (AvgIpc) is 2.51. The molecule has 2 aromatic rings. The highest BCUT2D eigenvalue weighted by Crippen LogP contribution is 2.43. The molecule has 1 heterocycles. The number of benzene rings is 1. The van der Waals surface area contributed by atoms with Crippen LogP contribution in [0, 0.1) is 5.41 Å². The van der Waals surface area contributed by atoms with Crippen molar-refractivity contribution in [2.24, 2.45) is 5.41 Å². The lowest BCUT2D eigenvalue weighted by Crippen LogP contribution is -2.32. The first-order valence-electron chi connectivity index (χ1n) is 8.35. The summed E-state index contributed by atoms with van der Waals surface area (Å²) < 4.78 is 0. The molecule has 8 heteroatoms. The van der Waals surface area contributed by atoms with Gasteiger partial charge in [-0.1, -0.05) is 37.6 Å². The Morgan fingerprint density at radius 3 is 2.22 bits per heavy atom. The van der Waals surface area contributed by atoms with Gasteiger partial charge in [-0.05, 0) is 23.1 Å². The highest BCUT2D eigenvalue weighted by molar-refractivity contribution is 6.30. The second-order valence-electron chi connectivity index (χ2n) is 7.46. The molecule has 0 spiro atoms. The fourth-order valence-corrected chi connectivity index (χ4v) is 3.64. The molecule has 7 nitrogen and oxygen atoms in total. The minimum atomic E-state index is -1.05. The molecule has 142 valence electrons. The van der Waals surface area contributed by atoms with Gasteiger partial charge in [0.05, 0.1) is 11.5 Å². The van der Waals surface area contributed by atoms with Crippen molar-refractivity contribution in [3.05, 3.63) is 72.6 Å². The minimum Gasteiger partial charge on any atom is -0.512 e. The summed E-state index contributed by atoms with van der Waals surface area (Å²) >= 11 is 5.93. The first-order chi connectivity index (χ1) is 12.6. The number of aliphatic hydroxyl groups is 1. The second kappa shape index (κ2) is 6.74. The van der Waals surface area contributed by atoms with Gasteiger partial charge >= 0.3 is 5.69 Å². The monoisotopic (exact) mass is 390 g/mol. The Hall–Kier alpha value is -2.80. The molecule has 1 aliphatic carbocycles. The number of ketones is 1. The summed E-state index contributed by atoms with van der Waals surface area (Å²) in [6, 6.07) is 6.36. The van der Waals surface area contributed by atoms with Gasteiger partial charge < -0.3 is 10.2 Å². The number of aromatic hydroxyl groups is 1. The van der Waals surface area contributed by atoms with Crippen LogP contribution in [0.5, 0.6) is 5.88 Å². The second-order valence-corrected chi connectivity index (χ2v) is 7.89. The third-order valence-electron chi connectivity index (χ3n) is 4.64. The Morgan fingerprint density at radius 1 is 1.04 bits per heavy atom. The van der Waals surface area contributed by atoms with Crippen molar-refractivity contribution in [2.45, 2.75) is 32.6 Å². The lowest BCUT2D eigenvalue weighted by atomic mass is 9.71. The van der Waals surface area contributed by atoms with Gasteiger partial charge in [0.25, 0.3) is 5.56 Å². The molecule has 0 saturated carbocycles. The molecule has 0 bridgehead atoms. The van der Waals surface area contributed by atoms with Gasteiger partial charge in [-0.15, -0.1) is 0 Å². The number of halogens is 1. The van der Waals surface area contributed by atoms with Crippen LogP contribution in [0.4, 0.5) is 0 Å². The smallest absolute Gasteiger partial charge is 0.328 e. The van der Waals surface area contributed by atoms with E-state index >= 15 is 0 Å². The van der Waals surface area contributed by atoms with Gasteiger partial charge in [0, 0.05) is 23.4 Å². The molecule has 0 aliphatic heterocycles. The number of aromatic nitrogens is 2. The van der Waals surface area contributed by atoms with Gasteiger partial charge in [0.2, 0.25) is 5.88 Å². The molecule has 1 aromatic carbocycles. The van der Waals surface area contributed by atoms with Crippen LogP contribution in [0.25, 0.3) is 0 Å². The number of Topliss-reactive ketones (excluding diaryl/α,β-unsaturated/α-hetero) is 1. The highest BCUT2D eigenvalue weighted by atomic mass is 35.5. The predicted octanol–water partition coefficient (Wildman–Crippen LogP) is 2.76. The molecule has 1 atom stereocenters. The van der Waals surface area contributed by atoms with E-state index in [2.05, 4.69) is 9.97 Å². The average molecular weight is 391 g/mol. The Labute approximate surface area is 159 Å². The van der Waals surface area contributed by atoms with Crippen molar-refractivity contribution < 1.29 is 15.0 Å². The number of rotatable bonds is 3. The lowest BCUT2D eigenvalue weighted by molar-refractivity contribution is -0.118. The Balaban J connectivity index is 2.30. The number of H-pyrrole nitrogens is 2. The summed E-state index contributed by atoms with van der Waals surface area (Å²) in [6.45, 7) is 3.72. The first-order valence-corrected chi connectivity index (χ1v) is 8.73. The number of allylic oxidation sites excluding steroid dienone is 2. The van der Waals surface area contributed by atoms with E-state index in [9.17, 15) is 24.6 Å². The minimum absolute atomic E-state index is 0.0319. The van der Waals surface area contributed by atoms with Crippen molar-refractivity contribution >= 4 is 17.4 Å². The molecule has 1 unspecified atom stereocenters. The van der Waals surface area contributed by atoms with Gasteiger partial charge in [-0.3, -0.25) is 19.6 Å².